The number of hydrogen-bond acceptors (Lipinski definition) is 2. The molecule has 1 aromatic carbocycles. The van der Waals surface area contributed by atoms with Gasteiger partial charge >= 0.3 is 0 Å². The fourth-order valence-electron chi connectivity index (χ4n) is 3.35. The van der Waals surface area contributed by atoms with Crippen molar-refractivity contribution in [1.29, 1.82) is 0 Å². The maximum absolute atomic E-state index is 13.1. The molecule has 3 saturated heterocycles. The van der Waals surface area contributed by atoms with Crippen molar-refractivity contribution < 1.29 is 13.7 Å². The summed E-state index contributed by atoms with van der Waals surface area (Å²) in [4.78, 5) is 15.0. The molecule has 0 radical (unpaired) electrons. The van der Waals surface area contributed by atoms with Gasteiger partial charge in [-0.15, -0.1) is 0 Å². The summed E-state index contributed by atoms with van der Waals surface area (Å²) < 4.78 is 13.9. The standard InChI is InChI=1S/C15H19ClFN3O/c1-11(20-7-4-19(5-8-20)6-9-20)15(21)18-14-3-2-12(17)10-13(14)16/h2-3,10-11H,4-9H2,1H3/p+1. The highest BCUT2D eigenvalue weighted by Gasteiger charge is 2.45. The second-order valence-corrected chi connectivity index (χ2v) is 6.43. The van der Waals surface area contributed by atoms with Crippen LogP contribution in [0, 0.1) is 5.82 Å². The molecule has 1 atom stereocenters. The molecule has 0 aliphatic carbocycles. The highest BCUT2D eigenvalue weighted by molar-refractivity contribution is 6.33. The Hall–Kier alpha value is -1.17. The number of fused-ring (bicyclic) bond motifs is 3. The SMILES string of the molecule is CC(C(=O)Nc1ccc(F)cc1Cl)[N+]12CCN(CC1)CC2. The van der Waals surface area contributed by atoms with E-state index in [2.05, 4.69) is 10.2 Å². The molecule has 4 nitrogen and oxygen atoms in total. The first-order valence-electron chi connectivity index (χ1n) is 7.34. The summed E-state index contributed by atoms with van der Waals surface area (Å²) in [6.07, 6.45) is 0. The van der Waals surface area contributed by atoms with Gasteiger partial charge in [-0.25, -0.2) is 4.39 Å². The van der Waals surface area contributed by atoms with Crippen LogP contribution in [0.5, 0.6) is 0 Å². The summed E-state index contributed by atoms with van der Waals surface area (Å²) in [5.41, 5.74) is 0.476. The summed E-state index contributed by atoms with van der Waals surface area (Å²) >= 11 is 5.97. The highest BCUT2D eigenvalue weighted by atomic mass is 35.5. The van der Waals surface area contributed by atoms with Gasteiger partial charge in [-0.1, -0.05) is 11.6 Å². The van der Waals surface area contributed by atoms with Crippen molar-refractivity contribution >= 4 is 23.2 Å². The Bertz CT molecular complexity index is 544. The predicted molar refractivity (Wildman–Crippen MR) is 80.8 cm³/mol. The van der Waals surface area contributed by atoms with Crippen LogP contribution in [0.15, 0.2) is 18.2 Å². The zero-order chi connectivity index (χ0) is 15.0. The number of piperazine rings is 3. The van der Waals surface area contributed by atoms with Gasteiger partial charge in [0.15, 0.2) is 6.04 Å². The fourth-order valence-corrected chi connectivity index (χ4v) is 3.56. The largest absolute Gasteiger partial charge is 0.320 e. The van der Waals surface area contributed by atoms with E-state index in [1.807, 2.05) is 6.92 Å². The van der Waals surface area contributed by atoms with Gasteiger partial charge in [0.25, 0.3) is 5.91 Å². The summed E-state index contributed by atoms with van der Waals surface area (Å²) in [6, 6.07) is 3.91. The van der Waals surface area contributed by atoms with Gasteiger partial charge in [-0.2, -0.15) is 0 Å². The van der Waals surface area contributed by atoms with Crippen LogP contribution in [0.25, 0.3) is 0 Å². The number of nitrogens with zero attached hydrogens (tertiary/aromatic N) is 2. The number of carbonyl (C=O) groups excluding carboxylic acids is 1. The van der Waals surface area contributed by atoms with Crippen molar-refractivity contribution in [3.63, 3.8) is 0 Å². The quantitative estimate of drug-likeness (QED) is 0.865. The number of benzene rings is 1. The van der Waals surface area contributed by atoms with Crippen molar-refractivity contribution in [2.45, 2.75) is 13.0 Å². The molecule has 4 rings (SSSR count). The Kier molecular flexibility index (Phi) is 3.90. The smallest absolute Gasteiger partial charge is 0.282 e. The number of carbonyl (C=O) groups is 1. The van der Waals surface area contributed by atoms with Gasteiger partial charge in [0.1, 0.15) is 5.82 Å². The number of rotatable bonds is 3. The Labute approximate surface area is 129 Å². The van der Waals surface area contributed by atoms with Crippen molar-refractivity contribution in [1.82, 2.24) is 4.90 Å². The van der Waals surface area contributed by atoms with Crippen LogP contribution in [0.2, 0.25) is 5.02 Å². The molecule has 2 bridgehead atoms. The van der Waals surface area contributed by atoms with Crippen LogP contribution in [0.3, 0.4) is 0 Å². The minimum atomic E-state index is -0.403. The normalized spacial score (nSPS) is 29.2. The lowest BCUT2D eigenvalue weighted by atomic mass is 10.1. The van der Waals surface area contributed by atoms with Crippen LogP contribution in [0.1, 0.15) is 6.92 Å². The molecule has 1 unspecified atom stereocenters. The fraction of sp³-hybridized carbons (Fsp3) is 0.533. The molecule has 6 heteroatoms. The summed E-state index contributed by atoms with van der Waals surface area (Å²) in [5.74, 6) is -0.445. The maximum atomic E-state index is 13.1. The van der Waals surface area contributed by atoms with Gasteiger partial charge in [-0.3, -0.25) is 9.69 Å². The topological polar surface area (TPSA) is 32.3 Å². The van der Waals surface area contributed by atoms with Crippen molar-refractivity contribution in [3.05, 3.63) is 29.0 Å². The molecule has 21 heavy (non-hydrogen) atoms. The van der Waals surface area contributed by atoms with E-state index in [4.69, 9.17) is 11.6 Å². The van der Waals surface area contributed by atoms with E-state index in [1.165, 1.54) is 18.2 Å². The Morgan fingerprint density at radius 3 is 2.52 bits per heavy atom. The molecule has 3 aliphatic heterocycles. The molecular formula is C15H20ClFN3O+. The number of quaternary nitrogens is 1. The summed E-state index contributed by atoms with van der Waals surface area (Å²) in [7, 11) is 0. The second-order valence-electron chi connectivity index (χ2n) is 6.02. The summed E-state index contributed by atoms with van der Waals surface area (Å²) in [6.45, 7) is 8.23. The van der Waals surface area contributed by atoms with Gasteiger partial charge in [0.2, 0.25) is 0 Å². The molecule has 0 aromatic heterocycles. The van der Waals surface area contributed by atoms with Crippen LogP contribution >= 0.6 is 11.6 Å². The zero-order valence-electron chi connectivity index (χ0n) is 12.1. The van der Waals surface area contributed by atoms with Gasteiger partial charge in [0.05, 0.1) is 30.3 Å². The monoisotopic (exact) mass is 312 g/mol. The molecule has 0 saturated carbocycles. The lowest BCUT2D eigenvalue weighted by molar-refractivity contribution is -0.953. The van der Waals surface area contributed by atoms with E-state index < -0.39 is 5.82 Å². The Balaban J connectivity index is 1.72. The lowest BCUT2D eigenvalue weighted by Gasteiger charge is -2.52. The van der Waals surface area contributed by atoms with Crippen molar-refractivity contribution in [3.8, 4) is 0 Å². The van der Waals surface area contributed by atoms with Gasteiger partial charge in [-0.05, 0) is 25.1 Å². The number of amides is 1. The van der Waals surface area contributed by atoms with Gasteiger partial charge < -0.3 is 9.80 Å². The molecule has 1 amide bonds. The van der Waals surface area contributed by atoms with Crippen LogP contribution in [-0.4, -0.2) is 60.6 Å². The first-order chi connectivity index (χ1) is 10.00. The molecule has 114 valence electrons. The predicted octanol–water partition coefficient (Wildman–Crippen LogP) is 1.95. The molecule has 3 heterocycles. The average molecular weight is 313 g/mol. The highest BCUT2D eigenvalue weighted by Crippen LogP contribution is 2.26. The first kappa shape index (κ1) is 14.8. The third-order valence-corrected chi connectivity index (χ3v) is 5.29. The second kappa shape index (κ2) is 5.55. The molecule has 1 N–H and O–H groups in total. The summed E-state index contributed by atoms with van der Waals surface area (Å²) in [5, 5.41) is 3.08. The molecule has 1 aromatic rings. The number of hydrogen-bond donors (Lipinski definition) is 1. The van der Waals surface area contributed by atoms with Crippen LogP contribution < -0.4 is 5.32 Å². The van der Waals surface area contributed by atoms with E-state index in [0.717, 1.165) is 43.8 Å². The van der Waals surface area contributed by atoms with Crippen LogP contribution in [0.4, 0.5) is 10.1 Å². The van der Waals surface area contributed by atoms with E-state index in [9.17, 15) is 9.18 Å². The Morgan fingerprint density at radius 2 is 1.95 bits per heavy atom. The minimum absolute atomic E-state index is 0.0427. The first-order valence-corrected chi connectivity index (χ1v) is 7.72. The van der Waals surface area contributed by atoms with E-state index in [-0.39, 0.29) is 17.0 Å². The Morgan fingerprint density at radius 1 is 1.33 bits per heavy atom. The van der Waals surface area contributed by atoms with Crippen molar-refractivity contribution in [2.24, 2.45) is 0 Å². The maximum Gasteiger partial charge on any atom is 0.282 e. The minimum Gasteiger partial charge on any atom is -0.320 e. The molecular weight excluding hydrogens is 293 g/mol. The molecule has 3 aliphatic rings. The molecule has 0 spiro atoms. The van der Waals surface area contributed by atoms with E-state index in [1.54, 1.807) is 0 Å². The van der Waals surface area contributed by atoms with E-state index >= 15 is 0 Å². The lowest BCUT2D eigenvalue weighted by Crippen LogP contribution is -2.72. The third kappa shape index (κ3) is 2.78. The van der Waals surface area contributed by atoms with Crippen LogP contribution in [-0.2, 0) is 4.79 Å². The van der Waals surface area contributed by atoms with Gasteiger partial charge in [0, 0.05) is 19.6 Å². The average Bonchev–Trinajstić information content (AvgIpc) is 2.51. The third-order valence-electron chi connectivity index (χ3n) is 4.97. The number of halogens is 2. The number of nitrogens with one attached hydrogen (secondary N) is 1. The van der Waals surface area contributed by atoms with Crippen molar-refractivity contribution in [2.75, 3.05) is 44.6 Å². The van der Waals surface area contributed by atoms with E-state index in [0.29, 0.717) is 5.69 Å². The zero-order valence-corrected chi connectivity index (χ0v) is 12.9. The number of anilines is 1. The molecule has 3 fully saturated rings.